The number of aromatic nitrogens is 2. The largest absolute Gasteiger partial charge is 0.448 e. The zero-order valence-electron chi connectivity index (χ0n) is 14.6. The third kappa shape index (κ3) is 3.69. The Morgan fingerprint density at radius 3 is 2.44 bits per heavy atom. The maximum absolute atomic E-state index is 13.6. The Balaban J connectivity index is 1.82. The molecule has 7 nitrogen and oxygen atoms in total. The molecule has 0 aliphatic heterocycles. The van der Waals surface area contributed by atoms with Gasteiger partial charge >= 0.3 is 5.97 Å². The van der Waals surface area contributed by atoms with Crippen LogP contribution in [0.15, 0.2) is 53.3 Å². The summed E-state index contributed by atoms with van der Waals surface area (Å²) in [5, 5.41) is 6.94. The number of hydrogen-bond donors (Lipinski definition) is 1. The first kappa shape index (κ1) is 18.2. The number of amides is 1. The fraction of sp³-hybridized carbons (Fsp3) is 0.158. The lowest BCUT2D eigenvalue weighted by molar-refractivity contribution is -0.123. The van der Waals surface area contributed by atoms with Crippen LogP contribution >= 0.6 is 0 Å². The third-order valence-electron chi connectivity index (χ3n) is 3.93. The number of ether oxygens (including phenoxy) is 1. The Morgan fingerprint density at radius 1 is 1.11 bits per heavy atom. The molecule has 27 heavy (non-hydrogen) atoms. The van der Waals surface area contributed by atoms with E-state index in [0.717, 1.165) is 4.68 Å². The number of anilines is 1. The summed E-state index contributed by atoms with van der Waals surface area (Å²) in [6.45, 7) is 1.36. The van der Waals surface area contributed by atoms with Gasteiger partial charge in [-0.1, -0.05) is 30.3 Å². The smallest absolute Gasteiger partial charge is 0.360 e. The van der Waals surface area contributed by atoms with E-state index >= 15 is 0 Å². The van der Waals surface area contributed by atoms with Gasteiger partial charge in [-0.3, -0.25) is 9.59 Å². The number of benzene rings is 2. The first-order valence-corrected chi connectivity index (χ1v) is 8.11. The molecule has 138 valence electrons. The van der Waals surface area contributed by atoms with Crippen molar-refractivity contribution in [1.82, 2.24) is 9.78 Å². The molecule has 0 aliphatic carbocycles. The number of fused-ring (bicyclic) bond motifs is 1. The molecule has 3 rings (SSSR count). The summed E-state index contributed by atoms with van der Waals surface area (Å²) in [6, 6.07) is 12.1. The lowest BCUT2D eigenvalue weighted by atomic mass is 10.1. The van der Waals surface area contributed by atoms with Crippen molar-refractivity contribution >= 4 is 28.3 Å². The molecule has 0 fully saturated rings. The molecule has 8 heteroatoms. The average molecular weight is 369 g/mol. The second-order valence-electron chi connectivity index (χ2n) is 5.84. The molecule has 0 aliphatic rings. The Morgan fingerprint density at radius 2 is 1.74 bits per heavy atom. The highest BCUT2D eigenvalue weighted by atomic mass is 19.1. The number of rotatable bonds is 4. The van der Waals surface area contributed by atoms with Gasteiger partial charge < -0.3 is 10.1 Å². The number of aryl methyl sites for hydroxylation is 1. The summed E-state index contributed by atoms with van der Waals surface area (Å²) in [5.41, 5.74) is -0.457. The number of hydrogen-bond acceptors (Lipinski definition) is 5. The van der Waals surface area contributed by atoms with Crippen LogP contribution in [0.2, 0.25) is 0 Å². The average Bonchev–Trinajstić information content (AvgIpc) is 2.66. The fourth-order valence-corrected chi connectivity index (χ4v) is 2.52. The number of carbonyl (C=O) groups is 2. The number of para-hydroxylation sites is 1. The van der Waals surface area contributed by atoms with Gasteiger partial charge in [0, 0.05) is 12.4 Å². The standard InChI is InChI=1S/C19H16FN3O4/c1-11(17(24)21-15-10-6-5-9-14(15)20)27-19(26)16-12-7-3-4-8-13(12)18(25)23(2)22-16/h3-11H,1-2H3,(H,21,24)/t11-/m1/s1. The van der Waals surface area contributed by atoms with Crippen molar-refractivity contribution < 1.29 is 18.7 Å². The number of halogens is 1. The van der Waals surface area contributed by atoms with Crippen LogP contribution in [-0.2, 0) is 16.6 Å². The van der Waals surface area contributed by atoms with E-state index < -0.39 is 23.8 Å². The highest BCUT2D eigenvalue weighted by Crippen LogP contribution is 2.16. The van der Waals surface area contributed by atoms with E-state index in [0.29, 0.717) is 10.8 Å². The van der Waals surface area contributed by atoms with Crippen molar-refractivity contribution in [2.24, 2.45) is 7.05 Å². The predicted octanol–water partition coefficient (Wildman–Crippen LogP) is 2.26. The molecule has 0 radical (unpaired) electrons. The van der Waals surface area contributed by atoms with Gasteiger partial charge in [0.05, 0.1) is 11.1 Å². The molecule has 1 heterocycles. The van der Waals surface area contributed by atoms with Crippen LogP contribution in [0.4, 0.5) is 10.1 Å². The van der Waals surface area contributed by atoms with E-state index in [-0.39, 0.29) is 16.9 Å². The normalized spacial score (nSPS) is 11.8. The molecule has 0 saturated heterocycles. The summed E-state index contributed by atoms with van der Waals surface area (Å²) in [5.74, 6) is -2.16. The van der Waals surface area contributed by atoms with E-state index in [1.165, 1.54) is 32.2 Å². The monoisotopic (exact) mass is 369 g/mol. The second kappa shape index (κ2) is 7.36. The van der Waals surface area contributed by atoms with Gasteiger partial charge in [-0.15, -0.1) is 0 Å². The maximum Gasteiger partial charge on any atom is 0.360 e. The lowest BCUT2D eigenvalue weighted by Crippen LogP contribution is -2.31. The topological polar surface area (TPSA) is 90.3 Å². The zero-order valence-corrected chi connectivity index (χ0v) is 14.6. The molecule has 0 bridgehead atoms. The molecule has 0 saturated carbocycles. The van der Waals surface area contributed by atoms with Gasteiger partial charge in [0.15, 0.2) is 11.8 Å². The van der Waals surface area contributed by atoms with Crippen LogP contribution in [0.3, 0.4) is 0 Å². The molecule has 1 amide bonds. The minimum Gasteiger partial charge on any atom is -0.448 e. The zero-order chi connectivity index (χ0) is 19.6. The van der Waals surface area contributed by atoms with E-state index in [9.17, 15) is 18.8 Å². The summed E-state index contributed by atoms with van der Waals surface area (Å²) in [6.07, 6.45) is -1.20. The highest BCUT2D eigenvalue weighted by Gasteiger charge is 2.23. The van der Waals surface area contributed by atoms with E-state index in [2.05, 4.69) is 10.4 Å². The number of esters is 1. The minimum atomic E-state index is -1.20. The molecular weight excluding hydrogens is 353 g/mol. The van der Waals surface area contributed by atoms with Gasteiger partial charge in [-0.2, -0.15) is 5.10 Å². The molecule has 0 spiro atoms. The Labute approximate surface area is 153 Å². The Hall–Kier alpha value is -3.55. The van der Waals surface area contributed by atoms with Crippen molar-refractivity contribution in [3.8, 4) is 0 Å². The van der Waals surface area contributed by atoms with Crippen LogP contribution in [0.1, 0.15) is 17.4 Å². The van der Waals surface area contributed by atoms with Crippen LogP contribution in [0, 0.1) is 5.82 Å². The summed E-state index contributed by atoms with van der Waals surface area (Å²) < 4.78 is 19.8. The Kier molecular flexibility index (Phi) is 4.98. The first-order valence-electron chi connectivity index (χ1n) is 8.11. The SMILES string of the molecule is C[C@@H](OC(=O)c1nn(C)c(=O)c2ccccc12)C(=O)Nc1ccccc1F. The van der Waals surface area contributed by atoms with Crippen molar-refractivity contribution in [3.63, 3.8) is 0 Å². The molecule has 3 aromatic rings. The summed E-state index contributed by atoms with van der Waals surface area (Å²) in [7, 11) is 1.42. The van der Waals surface area contributed by atoms with E-state index in [1.54, 1.807) is 30.3 Å². The van der Waals surface area contributed by atoms with Crippen LogP contribution < -0.4 is 10.9 Å². The second-order valence-corrected chi connectivity index (χ2v) is 5.84. The van der Waals surface area contributed by atoms with Crippen LogP contribution in [0.25, 0.3) is 10.8 Å². The van der Waals surface area contributed by atoms with E-state index in [4.69, 9.17) is 4.74 Å². The minimum absolute atomic E-state index is 0.0175. The number of nitrogens with zero attached hydrogens (tertiary/aromatic N) is 2. The van der Waals surface area contributed by atoms with Crippen molar-refractivity contribution in [2.75, 3.05) is 5.32 Å². The van der Waals surface area contributed by atoms with Crippen molar-refractivity contribution in [1.29, 1.82) is 0 Å². The van der Waals surface area contributed by atoms with Gasteiger partial charge in [-0.25, -0.2) is 13.9 Å². The summed E-state index contributed by atoms with van der Waals surface area (Å²) in [4.78, 5) is 36.8. The molecule has 2 aromatic carbocycles. The predicted molar refractivity (Wildman–Crippen MR) is 96.9 cm³/mol. The quantitative estimate of drug-likeness (QED) is 0.713. The maximum atomic E-state index is 13.6. The molecular formula is C19H16FN3O4. The summed E-state index contributed by atoms with van der Waals surface area (Å²) >= 11 is 0. The van der Waals surface area contributed by atoms with Crippen molar-refractivity contribution in [3.05, 3.63) is 70.4 Å². The van der Waals surface area contributed by atoms with Gasteiger partial charge in [0.25, 0.3) is 11.5 Å². The lowest BCUT2D eigenvalue weighted by Gasteiger charge is -2.14. The molecule has 1 aromatic heterocycles. The number of carbonyl (C=O) groups excluding carboxylic acids is 2. The van der Waals surface area contributed by atoms with Gasteiger partial charge in [0.2, 0.25) is 0 Å². The third-order valence-corrected chi connectivity index (χ3v) is 3.93. The molecule has 1 atom stereocenters. The van der Waals surface area contributed by atoms with Gasteiger partial charge in [-0.05, 0) is 25.1 Å². The van der Waals surface area contributed by atoms with E-state index in [1.807, 2.05) is 0 Å². The van der Waals surface area contributed by atoms with Crippen LogP contribution in [0.5, 0.6) is 0 Å². The van der Waals surface area contributed by atoms with Crippen molar-refractivity contribution in [2.45, 2.75) is 13.0 Å². The first-order chi connectivity index (χ1) is 12.9. The molecule has 1 N–H and O–H groups in total. The van der Waals surface area contributed by atoms with Gasteiger partial charge in [0.1, 0.15) is 5.82 Å². The van der Waals surface area contributed by atoms with Crippen LogP contribution in [-0.4, -0.2) is 27.8 Å². The fourth-order valence-electron chi connectivity index (χ4n) is 2.52. The molecule has 0 unspecified atom stereocenters. The number of nitrogens with one attached hydrogen (secondary N) is 1. The highest BCUT2D eigenvalue weighted by molar-refractivity contribution is 6.03. The Bertz CT molecular complexity index is 1090.